The Bertz CT molecular complexity index is 729. The van der Waals surface area contributed by atoms with Crippen LogP contribution in [0.4, 0.5) is 4.79 Å². The van der Waals surface area contributed by atoms with Crippen molar-refractivity contribution in [3.8, 4) is 11.8 Å². The molecule has 29 heavy (non-hydrogen) atoms. The summed E-state index contributed by atoms with van der Waals surface area (Å²) in [5.41, 5.74) is -0.351. The Hall–Kier alpha value is -2.07. The van der Waals surface area contributed by atoms with Gasteiger partial charge in [0.05, 0.1) is 25.8 Å². The SMILES string of the molecule is CN(C)CC#C[C@@H](OCc1ccccc1)[C@H]1COC(C)(C)N1C(=O)OC(C)(C)C. The summed E-state index contributed by atoms with van der Waals surface area (Å²) in [6, 6.07) is 9.56. The van der Waals surface area contributed by atoms with Crippen LogP contribution in [0.2, 0.25) is 0 Å². The second-order valence-electron chi connectivity index (χ2n) is 8.95. The first-order valence-corrected chi connectivity index (χ1v) is 9.94. The van der Waals surface area contributed by atoms with Crippen LogP contribution in [-0.2, 0) is 20.8 Å². The third-order valence-corrected chi connectivity index (χ3v) is 4.37. The van der Waals surface area contributed by atoms with Crippen molar-refractivity contribution in [2.45, 2.75) is 64.7 Å². The van der Waals surface area contributed by atoms with E-state index in [9.17, 15) is 4.79 Å². The Balaban J connectivity index is 2.25. The van der Waals surface area contributed by atoms with Gasteiger partial charge in [0, 0.05) is 0 Å². The van der Waals surface area contributed by atoms with Gasteiger partial charge in [0.25, 0.3) is 0 Å². The van der Waals surface area contributed by atoms with Crippen molar-refractivity contribution >= 4 is 6.09 Å². The number of hydrogen-bond donors (Lipinski definition) is 0. The molecule has 6 heteroatoms. The molecule has 6 nitrogen and oxygen atoms in total. The van der Waals surface area contributed by atoms with E-state index in [0.29, 0.717) is 19.8 Å². The number of benzene rings is 1. The Morgan fingerprint density at radius 3 is 2.55 bits per heavy atom. The maximum absolute atomic E-state index is 13.0. The van der Waals surface area contributed by atoms with Crippen LogP contribution in [0.25, 0.3) is 0 Å². The molecule has 160 valence electrons. The molecule has 0 aromatic heterocycles. The normalized spacial score (nSPS) is 19.6. The lowest BCUT2D eigenvalue weighted by Crippen LogP contribution is -2.53. The van der Waals surface area contributed by atoms with Crippen molar-refractivity contribution < 1.29 is 19.0 Å². The van der Waals surface area contributed by atoms with Gasteiger partial charge in [-0.1, -0.05) is 42.2 Å². The Labute approximate surface area is 175 Å². The van der Waals surface area contributed by atoms with Gasteiger partial charge in [0.15, 0.2) is 0 Å². The van der Waals surface area contributed by atoms with E-state index in [-0.39, 0.29) is 6.04 Å². The van der Waals surface area contributed by atoms with Crippen LogP contribution in [0.3, 0.4) is 0 Å². The highest BCUT2D eigenvalue weighted by molar-refractivity contribution is 5.70. The van der Waals surface area contributed by atoms with Crippen molar-refractivity contribution in [2.75, 3.05) is 27.2 Å². The van der Waals surface area contributed by atoms with Crippen molar-refractivity contribution in [1.29, 1.82) is 0 Å². The van der Waals surface area contributed by atoms with Crippen molar-refractivity contribution in [2.24, 2.45) is 0 Å². The smallest absolute Gasteiger partial charge is 0.413 e. The maximum atomic E-state index is 13.0. The summed E-state index contributed by atoms with van der Waals surface area (Å²) in [6.45, 7) is 10.6. The molecule has 1 fully saturated rings. The zero-order valence-corrected chi connectivity index (χ0v) is 18.7. The first-order chi connectivity index (χ1) is 13.5. The van der Waals surface area contributed by atoms with E-state index in [4.69, 9.17) is 14.2 Å². The monoisotopic (exact) mass is 402 g/mol. The van der Waals surface area contributed by atoms with E-state index in [1.807, 2.05) is 83.9 Å². The first-order valence-electron chi connectivity index (χ1n) is 9.94. The molecule has 2 atom stereocenters. The van der Waals surface area contributed by atoms with Gasteiger partial charge in [-0.3, -0.25) is 9.80 Å². The van der Waals surface area contributed by atoms with Crippen LogP contribution in [0.1, 0.15) is 40.2 Å². The molecule has 0 spiro atoms. The third kappa shape index (κ3) is 7.04. The number of rotatable bonds is 5. The molecule has 1 saturated heterocycles. The van der Waals surface area contributed by atoms with E-state index < -0.39 is 23.5 Å². The Morgan fingerprint density at radius 2 is 1.97 bits per heavy atom. The van der Waals surface area contributed by atoms with Crippen LogP contribution >= 0.6 is 0 Å². The van der Waals surface area contributed by atoms with Gasteiger partial charge in [-0.05, 0) is 54.3 Å². The van der Waals surface area contributed by atoms with E-state index >= 15 is 0 Å². The summed E-state index contributed by atoms with van der Waals surface area (Å²) in [5.74, 6) is 6.36. The summed E-state index contributed by atoms with van der Waals surface area (Å²) in [5, 5.41) is 0. The molecule has 0 unspecified atom stereocenters. The largest absolute Gasteiger partial charge is 0.444 e. The van der Waals surface area contributed by atoms with Gasteiger partial charge in [0.2, 0.25) is 0 Å². The maximum Gasteiger partial charge on any atom is 0.413 e. The predicted molar refractivity (Wildman–Crippen MR) is 113 cm³/mol. The van der Waals surface area contributed by atoms with E-state index in [1.165, 1.54) is 0 Å². The van der Waals surface area contributed by atoms with Crippen molar-refractivity contribution in [1.82, 2.24) is 9.80 Å². The number of ether oxygens (including phenoxy) is 3. The zero-order valence-electron chi connectivity index (χ0n) is 18.7. The molecule has 1 aliphatic rings. The van der Waals surface area contributed by atoms with E-state index in [1.54, 1.807) is 4.90 Å². The second kappa shape index (κ2) is 9.62. The lowest BCUT2D eigenvalue weighted by Gasteiger charge is -2.36. The molecule has 1 aliphatic heterocycles. The summed E-state index contributed by atoms with van der Waals surface area (Å²) in [6.07, 6.45) is -0.919. The third-order valence-electron chi connectivity index (χ3n) is 4.37. The van der Waals surface area contributed by atoms with Crippen LogP contribution in [0, 0.1) is 11.8 Å². The second-order valence-corrected chi connectivity index (χ2v) is 8.95. The average molecular weight is 403 g/mol. The fraction of sp³-hybridized carbons (Fsp3) is 0.609. The Kier molecular flexibility index (Phi) is 7.70. The number of amides is 1. The fourth-order valence-corrected chi connectivity index (χ4v) is 3.04. The minimum absolute atomic E-state index is 0.336. The highest BCUT2D eigenvalue weighted by Gasteiger charge is 2.48. The number of hydrogen-bond acceptors (Lipinski definition) is 5. The number of carbonyl (C=O) groups is 1. The quantitative estimate of drug-likeness (QED) is 0.706. The van der Waals surface area contributed by atoms with Crippen molar-refractivity contribution in [3.63, 3.8) is 0 Å². The standard InChI is InChI=1S/C23H34N2O4/c1-22(2,3)29-21(26)25-19(17-28-23(25,4)5)20(14-11-15-24(6)7)27-16-18-12-9-8-10-13-18/h8-10,12-13,19-20H,15-17H2,1-7H3/t19-,20-/m1/s1. The molecule has 1 aromatic carbocycles. The molecular formula is C23H34N2O4. The molecule has 1 amide bonds. The number of nitrogens with zero attached hydrogens (tertiary/aromatic N) is 2. The highest BCUT2D eigenvalue weighted by atomic mass is 16.6. The summed E-state index contributed by atoms with van der Waals surface area (Å²) < 4.78 is 17.7. The zero-order chi connectivity index (χ0) is 21.7. The molecule has 0 radical (unpaired) electrons. The Morgan fingerprint density at radius 1 is 1.31 bits per heavy atom. The van der Waals surface area contributed by atoms with Crippen LogP contribution in [0.5, 0.6) is 0 Å². The fourth-order valence-electron chi connectivity index (χ4n) is 3.04. The lowest BCUT2D eigenvalue weighted by molar-refractivity contribution is -0.0692. The van der Waals surface area contributed by atoms with Gasteiger partial charge in [0.1, 0.15) is 17.4 Å². The summed E-state index contributed by atoms with van der Waals surface area (Å²) in [7, 11) is 3.92. The molecule has 1 aromatic rings. The van der Waals surface area contributed by atoms with Gasteiger partial charge in [-0.2, -0.15) is 0 Å². The molecule has 1 heterocycles. The minimum Gasteiger partial charge on any atom is -0.444 e. The highest BCUT2D eigenvalue weighted by Crippen LogP contribution is 2.32. The van der Waals surface area contributed by atoms with E-state index in [2.05, 4.69) is 11.8 Å². The van der Waals surface area contributed by atoms with Crippen LogP contribution < -0.4 is 0 Å². The first kappa shape index (κ1) is 23.2. The van der Waals surface area contributed by atoms with Crippen LogP contribution in [-0.4, -0.2) is 66.6 Å². The van der Waals surface area contributed by atoms with E-state index in [0.717, 1.165) is 5.56 Å². The average Bonchev–Trinajstić information content (AvgIpc) is 2.92. The summed E-state index contributed by atoms with van der Waals surface area (Å²) >= 11 is 0. The van der Waals surface area contributed by atoms with Gasteiger partial charge in [-0.15, -0.1) is 0 Å². The predicted octanol–water partition coefficient (Wildman–Crippen LogP) is 3.51. The number of carbonyl (C=O) groups excluding carboxylic acids is 1. The topological polar surface area (TPSA) is 51.2 Å². The molecular weight excluding hydrogens is 368 g/mol. The lowest BCUT2D eigenvalue weighted by atomic mass is 10.1. The van der Waals surface area contributed by atoms with Crippen molar-refractivity contribution in [3.05, 3.63) is 35.9 Å². The molecule has 0 saturated carbocycles. The molecule has 0 N–H and O–H groups in total. The molecule has 2 rings (SSSR count). The van der Waals surface area contributed by atoms with Crippen LogP contribution in [0.15, 0.2) is 30.3 Å². The van der Waals surface area contributed by atoms with Gasteiger partial charge >= 0.3 is 6.09 Å². The minimum atomic E-state index is -0.801. The molecule has 0 aliphatic carbocycles. The molecule has 0 bridgehead atoms. The summed E-state index contributed by atoms with van der Waals surface area (Å²) in [4.78, 5) is 16.6. The van der Waals surface area contributed by atoms with Gasteiger partial charge < -0.3 is 14.2 Å². The van der Waals surface area contributed by atoms with Gasteiger partial charge in [-0.25, -0.2) is 4.79 Å².